The van der Waals surface area contributed by atoms with Gasteiger partial charge in [0.15, 0.2) is 0 Å². The highest BCUT2D eigenvalue weighted by molar-refractivity contribution is 9.10. The first-order chi connectivity index (χ1) is 13.2. The van der Waals surface area contributed by atoms with Crippen molar-refractivity contribution in [3.63, 3.8) is 0 Å². The molecule has 3 rings (SSSR count). The predicted octanol–water partition coefficient (Wildman–Crippen LogP) is 6.53. The second kappa shape index (κ2) is 8.81. The zero-order chi connectivity index (χ0) is 19.1. The van der Waals surface area contributed by atoms with Crippen LogP contribution in [0.4, 0.5) is 0 Å². The summed E-state index contributed by atoms with van der Waals surface area (Å²) in [5.41, 5.74) is 5.56. The van der Waals surface area contributed by atoms with Crippen LogP contribution in [0.1, 0.15) is 33.4 Å². The van der Waals surface area contributed by atoms with E-state index in [1.807, 2.05) is 72.8 Å². The van der Waals surface area contributed by atoms with Gasteiger partial charge in [-0.25, -0.2) is 0 Å². The summed E-state index contributed by atoms with van der Waals surface area (Å²) in [6, 6.07) is 25.4. The molecule has 2 nitrogen and oxygen atoms in total. The average Bonchev–Trinajstić information content (AvgIpc) is 2.71. The Labute approximate surface area is 167 Å². The summed E-state index contributed by atoms with van der Waals surface area (Å²) in [4.78, 5) is 0. The molecule has 0 saturated carbocycles. The molecule has 0 N–H and O–H groups in total. The monoisotopic (exact) mass is 410 g/mol. The van der Waals surface area contributed by atoms with Crippen molar-refractivity contribution in [2.24, 2.45) is 0 Å². The fourth-order valence-electron chi connectivity index (χ4n) is 2.55. The molecule has 3 aromatic rings. The predicted molar refractivity (Wildman–Crippen MR) is 114 cm³/mol. The number of benzene rings is 3. The number of nitriles is 2. The largest absolute Gasteiger partial charge is 0.192 e. The van der Waals surface area contributed by atoms with Crippen molar-refractivity contribution in [2.45, 2.75) is 0 Å². The lowest BCUT2D eigenvalue weighted by Crippen LogP contribution is -1.80. The van der Waals surface area contributed by atoms with Gasteiger partial charge in [0.25, 0.3) is 0 Å². The highest BCUT2D eigenvalue weighted by atomic mass is 79.9. The Hall–Kier alpha value is -3.40. The first kappa shape index (κ1) is 18.4. The van der Waals surface area contributed by atoms with Crippen LogP contribution in [0.25, 0.3) is 24.3 Å². The molecule has 0 aromatic heterocycles. The zero-order valence-electron chi connectivity index (χ0n) is 14.4. The average molecular weight is 411 g/mol. The highest BCUT2D eigenvalue weighted by Gasteiger charge is 1.97. The summed E-state index contributed by atoms with van der Waals surface area (Å²) < 4.78 is 1.00. The molecule has 0 fully saturated rings. The van der Waals surface area contributed by atoms with Gasteiger partial charge in [-0.1, -0.05) is 64.5 Å². The minimum Gasteiger partial charge on any atom is -0.192 e. The van der Waals surface area contributed by atoms with Crippen LogP contribution in [-0.2, 0) is 0 Å². The van der Waals surface area contributed by atoms with E-state index >= 15 is 0 Å². The van der Waals surface area contributed by atoms with Gasteiger partial charge in [-0.15, -0.1) is 0 Å². The normalized spacial score (nSPS) is 10.8. The smallest absolute Gasteiger partial charge is 0.0991 e. The molecule has 0 aliphatic carbocycles. The number of nitrogens with zero attached hydrogens (tertiary/aromatic N) is 2. The fraction of sp³-hybridized carbons (Fsp3) is 0. The summed E-state index contributed by atoms with van der Waals surface area (Å²) in [7, 11) is 0. The molecule has 0 amide bonds. The zero-order valence-corrected chi connectivity index (χ0v) is 16.0. The van der Waals surface area contributed by atoms with Gasteiger partial charge in [0.2, 0.25) is 0 Å². The Balaban J connectivity index is 1.78. The quantitative estimate of drug-likeness (QED) is 0.458. The Morgan fingerprint density at radius 2 is 0.926 bits per heavy atom. The Morgan fingerprint density at radius 3 is 1.30 bits per heavy atom. The number of rotatable bonds is 4. The molecule has 128 valence electrons. The minimum atomic E-state index is 0.657. The molecule has 0 heterocycles. The van der Waals surface area contributed by atoms with Crippen LogP contribution in [0.3, 0.4) is 0 Å². The van der Waals surface area contributed by atoms with Crippen molar-refractivity contribution in [3.8, 4) is 12.1 Å². The summed E-state index contributed by atoms with van der Waals surface area (Å²) in [6.45, 7) is 0. The Kier molecular flexibility index (Phi) is 6.00. The van der Waals surface area contributed by atoms with Crippen molar-refractivity contribution in [2.75, 3.05) is 0 Å². The third-order valence-corrected chi connectivity index (χ3v) is 4.42. The summed E-state index contributed by atoms with van der Waals surface area (Å²) in [5.74, 6) is 0. The van der Waals surface area contributed by atoms with E-state index in [1.165, 1.54) is 0 Å². The second-order valence-corrected chi connectivity index (χ2v) is 6.87. The van der Waals surface area contributed by atoms with Crippen LogP contribution in [-0.4, -0.2) is 0 Å². The fourth-order valence-corrected chi connectivity index (χ4v) is 3.08. The lowest BCUT2D eigenvalue weighted by atomic mass is 10.1. The maximum absolute atomic E-state index is 8.86. The van der Waals surface area contributed by atoms with Gasteiger partial charge in [0, 0.05) is 4.47 Å². The second-order valence-electron chi connectivity index (χ2n) is 5.95. The van der Waals surface area contributed by atoms with E-state index in [9.17, 15) is 0 Å². The Morgan fingerprint density at radius 1 is 0.556 bits per heavy atom. The molecule has 0 bridgehead atoms. The SMILES string of the molecule is N#Cc1ccc(/C=C/c2cc(Br)cc(/C=C/c3ccc(C#N)cc3)c2)cc1. The number of hydrogen-bond acceptors (Lipinski definition) is 2. The lowest BCUT2D eigenvalue weighted by Gasteiger charge is -2.01. The van der Waals surface area contributed by atoms with E-state index in [4.69, 9.17) is 10.5 Å². The Bertz CT molecular complexity index is 991. The van der Waals surface area contributed by atoms with E-state index in [0.29, 0.717) is 11.1 Å². The number of hydrogen-bond donors (Lipinski definition) is 0. The van der Waals surface area contributed by atoms with Crippen LogP contribution < -0.4 is 0 Å². The van der Waals surface area contributed by atoms with Gasteiger partial charge in [0.1, 0.15) is 0 Å². The van der Waals surface area contributed by atoms with Crippen molar-refractivity contribution >= 4 is 40.2 Å². The van der Waals surface area contributed by atoms with E-state index in [2.05, 4.69) is 46.3 Å². The van der Waals surface area contributed by atoms with Gasteiger partial charge < -0.3 is 0 Å². The molecule has 3 heteroatoms. The molecule has 27 heavy (non-hydrogen) atoms. The van der Waals surface area contributed by atoms with E-state index in [-0.39, 0.29) is 0 Å². The molecule has 0 atom stereocenters. The molecular formula is C24H15BrN2. The minimum absolute atomic E-state index is 0.657. The molecular weight excluding hydrogens is 396 g/mol. The molecule has 0 spiro atoms. The summed E-state index contributed by atoms with van der Waals surface area (Å²) in [5, 5.41) is 17.7. The first-order valence-electron chi connectivity index (χ1n) is 8.33. The van der Waals surface area contributed by atoms with Crippen LogP contribution in [0.5, 0.6) is 0 Å². The maximum Gasteiger partial charge on any atom is 0.0991 e. The van der Waals surface area contributed by atoms with Crippen LogP contribution in [0, 0.1) is 22.7 Å². The van der Waals surface area contributed by atoms with Gasteiger partial charge in [-0.05, 0) is 64.7 Å². The maximum atomic E-state index is 8.86. The lowest BCUT2D eigenvalue weighted by molar-refractivity contribution is 1.48. The highest BCUT2D eigenvalue weighted by Crippen LogP contribution is 2.20. The summed E-state index contributed by atoms with van der Waals surface area (Å²) in [6.07, 6.45) is 8.14. The van der Waals surface area contributed by atoms with E-state index in [0.717, 1.165) is 26.7 Å². The number of halogens is 1. The molecule has 0 saturated heterocycles. The molecule has 3 aromatic carbocycles. The molecule has 0 aliphatic rings. The third-order valence-electron chi connectivity index (χ3n) is 3.96. The van der Waals surface area contributed by atoms with E-state index < -0.39 is 0 Å². The van der Waals surface area contributed by atoms with Crippen LogP contribution in [0.15, 0.2) is 71.2 Å². The van der Waals surface area contributed by atoms with Crippen molar-refractivity contribution < 1.29 is 0 Å². The van der Waals surface area contributed by atoms with Gasteiger partial charge in [0.05, 0.1) is 23.3 Å². The van der Waals surface area contributed by atoms with Crippen molar-refractivity contribution in [1.29, 1.82) is 10.5 Å². The van der Waals surface area contributed by atoms with Crippen LogP contribution in [0.2, 0.25) is 0 Å². The summed E-state index contributed by atoms with van der Waals surface area (Å²) >= 11 is 3.56. The van der Waals surface area contributed by atoms with Gasteiger partial charge >= 0.3 is 0 Å². The van der Waals surface area contributed by atoms with Crippen molar-refractivity contribution in [3.05, 3.63) is 105 Å². The topological polar surface area (TPSA) is 47.6 Å². The third kappa shape index (κ3) is 5.28. The molecule has 0 aliphatic heterocycles. The van der Waals surface area contributed by atoms with Crippen LogP contribution >= 0.6 is 15.9 Å². The first-order valence-corrected chi connectivity index (χ1v) is 9.13. The van der Waals surface area contributed by atoms with Gasteiger partial charge in [-0.3, -0.25) is 0 Å². The molecule has 0 unspecified atom stereocenters. The van der Waals surface area contributed by atoms with E-state index in [1.54, 1.807) is 0 Å². The van der Waals surface area contributed by atoms with Crippen molar-refractivity contribution in [1.82, 2.24) is 0 Å². The standard InChI is InChI=1S/C24H15BrN2/c25-24-14-22(11-5-18-1-7-20(16-26)8-2-18)13-23(15-24)12-6-19-3-9-21(17-27)10-4-19/h1-15H/b11-5+,12-6+. The van der Waals surface area contributed by atoms with Gasteiger partial charge in [-0.2, -0.15) is 10.5 Å². The molecule has 0 radical (unpaired) electrons.